The number of carboxylic acids is 1. The van der Waals surface area contributed by atoms with Crippen molar-refractivity contribution >= 4 is 5.97 Å². The van der Waals surface area contributed by atoms with E-state index in [4.69, 9.17) is 24.0 Å². The number of carbonyl (C=O) groups is 1. The van der Waals surface area contributed by atoms with E-state index in [2.05, 4.69) is 34.6 Å². The highest BCUT2D eigenvalue weighted by atomic mass is 17.3. The number of aliphatic hydroxyl groups excluding tert-OH is 2. The van der Waals surface area contributed by atoms with Crippen molar-refractivity contribution in [1.29, 1.82) is 0 Å². The van der Waals surface area contributed by atoms with Gasteiger partial charge in [-0.1, -0.05) is 34.6 Å². The molecule has 272 valence electrons. The molecule has 0 amide bonds. The lowest BCUT2D eigenvalue weighted by Crippen LogP contribution is -2.70. The quantitative estimate of drug-likeness (QED) is 0.209. The van der Waals surface area contributed by atoms with Crippen molar-refractivity contribution in [3.8, 4) is 0 Å². The molecule has 9 fully saturated rings. The fraction of sp³-hybridized carbons (Fsp3) is 0.974. The van der Waals surface area contributed by atoms with Gasteiger partial charge in [0.2, 0.25) is 5.79 Å². The summed E-state index contributed by atoms with van der Waals surface area (Å²) < 4.78 is 20.4. The molecule has 9 rings (SSSR count). The van der Waals surface area contributed by atoms with Crippen LogP contribution in [0.1, 0.15) is 125 Å². The maximum absolute atomic E-state index is 12.0. The van der Waals surface area contributed by atoms with E-state index in [9.17, 15) is 20.1 Å². The molecular formula is C39H62O9. The monoisotopic (exact) mass is 674 g/mol. The van der Waals surface area contributed by atoms with Crippen LogP contribution in [0, 0.1) is 70.0 Å². The zero-order valence-corrected chi connectivity index (χ0v) is 30.1. The lowest BCUT2D eigenvalue weighted by molar-refractivity contribution is -0.578. The topological polar surface area (TPSA) is 124 Å². The van der Waals surface area contributed by atoms with Gasteiger partial charge in [0, 0.05) is 24.7 Å². The first-order valence-corrected chi connectivity index (χ1v) is 19.6. The summed E-state index contributed by atoms with van der Waals surface area (Å²) in [5, 5.41) is 33.2. The normalized spacial score (nSPS) is 57.8. The third-order valence-electron chi connectivity index (χ3n) is 16.7. The SMILES string of the molecule is C[C@H]1C(O[C@@H]2CC[C@@]3(C)C(C2)C[C@@H](O)C2C3C[C@H](O)[C@@]3(C)C2CC[C@@H]3[C@H](C)CCC(=O)O)OC2O[C@]3(C)CCC4[C@H](C)CCC1C24OO3. The minimum atomic E-state index is -0.805. The van der Waals surface area contributed by atoms with Crippen molar-refractivity contribution in [2.24, 2.45) is 70.0 Å². The molecule has 0 aromatic heterocycles. The van der Waals surface area contributed by atoms with Crippen LogP contribution in [0.2, 0.25) is 0 Å². The molecule has 0 aromatic rings. The van der Waals surface area contributed by atoms with Gasteiger partial charge >= 0.3 is 5.97 Å². The number of ether oxygens (including phenoxy) is 3. The van der Waals surface area contributed by atoms with E-state index in [1.165, 1.54) is 6.42 Å². The van der Waals surface area contributed by atoms with Crippen LogP contribution in [0.3, 0.4) is 0 Å². The standard InChI is InChI=1S/C39H62O9/c1-20(8-12-32(42)43)25-10-11-28-33-29(19-31(41)38(25,28)6)36(4)15-13-24(17-23(36)18-30(33)40)44-34-22(3)27-9-7-21(2)26-14-16-37(5)46-35(45-34)39(26,27)48-47-37/h20-31,33-35,40-41H,7-19H2,1-6H3,(H,42,43)/t20-,21-,22-,23?,24-,25-,26?,27?,28?,29?,30-,31+,33?,34?,35?,36+,37+,38-,39?/m1/s1. The highest BCUT2D eigenvalue weighted by Gasteiger charge is 2.70. The number of rotatable bonds is 6. The molecule has 19 atom stereocenters. The Morgan fingerprint density at radius 2 is 1.67 bits per heavy atom. The number of aliphatic hydroxyl groups is 2. The predicted octanol–water partition coefficient (Wildman–Crippen LogP) is 6.68. The van der Waals surface area contributed by atoms with Crippen LogP contribution >= 0.6 is 0 Å². The second-order valence-corrected chi connectivity index (χ2v) is 18.8. The number of carboxylic acid groups (broad SMARTS) is 1. The summed E-state index contributed by atoms with van der Waals surface area (Å²) in [6.45, 7) is 13.4. The summed E-state index contributed by atoms with van der Waals surface area (Å²) in [6, 6.07) is 0. The zero-order chi connectivity index (χ0) is 34.0. The molecule has 9 nitrogen and oxygen atoms in total. The molecular weight excluding hydrogens is 612 g/mol. The van der Waals surface area contributed by atoms with E-state index in [1.54, 1.807) is 0 Å². The van der Waals surface area contributed by atoms with Crippen molar-refractivity contribution in [2.45, 2.75) is 167 Å². The van der Waals surface area contributed by atoms with E-state index in [1.807, 2.05) is 6.92 Å². The molecule has 5 aliphatic carbocycles. The highest BCUT2D eigenvalue weighted by Crippen LogP contribution is 2.69. The summed E-state index contributed by atoms with van der Waals surface area (Å²) in [7, 11) is 0. The van der Waals surface area contributed by atoms with E-state index >= 15 is 0 Å². The third kappa shape index (κ3) is 4.90. The minimum Gasteiger partial charge on any atom is -0.481 e. The van der Waals surface area contributed by atoms with Crippen molar-refractivity contribution in [2.75, 3.05) is 0 Å². The van der Waals surface area contributed by atoms with E-state index in [0.29, 0.717) is 24.2 Å². The Balaban J connectivity index is 0.975. The lowest BCUT2D eigenvalue weighted by atomic mass is 9.43. The highest BCUT2D eigenvalue weighted by molar-refractivity contribution is 5.66. The molecule has 2 bridgehead atoms. The molecule has 48 heavy (non-hydrogen) atoms. The summed E-state index contributed by atoms with van der Waals surface area (Å²) in [5.74, 6) is 1.23. The van der Waals surface area contributed by atoms with Crippen molar-refractivity contribution in [3.05, 3.63) is 0 Å². The van der Waals surface area contributed by atoms with E-state index in [-0.39, 0.29) is 71.1 Å². The van der Waals surface area contributed by atoms with Crippen LogP contribution in [0.15, 0.2) is 0 Å². The Morgan fingerprint density at radius 1 is 0.896 bits per heavy atom. The van der Waals surface area contributed by atoms with Crippen LogP contribution < -0.4 is 0 Å². The van der Waals surface area contributed by atoms with Gasteiger partial charge in [0.25, 0.3) is 0 Å². The van der Waals surface area contributed by atoms with E-state index < -0.39 is 35.9 Å². The van der Waals surface area contributed by atoms with Gasteiger partial charge in [0.15, 0.2) is 18.2 Å². The second-order valence-electron chi connectivity index (χ2n) is 18.8. The Bertz CT molecular complexity index is 1250. The van der Waals surface area contributed by atoms with Gasteiger partial charge in [0.1, 0.15) is 0 Å². The molecule has 4 aliphatic heterocycles. The zero-order valence-electron chi connectivity index (χ0n) is 30.1. The second kappa shape index (κ2) is 11.9. The average molecular weight is 675 g/mol. The molecule has 9 unspecified atom stereocenters. The first kappa shape index (κ1) is 34.3. The summed E-state index contributed by atoms with van der Waals surface area (Å²) in [5.41, 5.74) is -0.834. The lowest BCUT2D eigenvalue weighted by Gasteiger charge is -2.64. The van der Waals surface area contributed by atoms with Crippen LogP contribution in [0.25, 0.3) is 0 Å². The molecule has 4 heterocycles. The van der Waals surface area contributed by atoms with Crippen LogP contribution in [0.4, 0.5) is 0 Å². The average Bonchev–Trinajstić information content (AvgIpc) is 3.24. The minimum absolute atomic E-state index is 0.0399. The fourth-order valence-electron chi connectivity index (χ4n) is 14.0. The van der Waals surface area contributed by atoms with Gasteiger partial charge in [-0.3, -0.25) is 4.79 Å². The Morgan fingerprint density at radius 3 is 2.44 bits per heavy atom. The van der Waals surface area contributed by atoms with Crippen LogP contribution in [0.5, 0.6) is 0 Å². The predicted molar refractivity (Wildman–Crippen MR) is 176 cm³/mol. The van der Waals surface area contributed by atoms with Crippen molar-refractivity contribution in [1.82, 2.24) is 0 Å². The smallest absolute Gasteiger partial charge is 0.303 e. The first-order valence-electron chi connectivity index (χ1n) is 19.6. The molecule has 0 radical (unpaired) electrons. The maximum atomic E-state index is 12.0. The summed E-state index contributed by atoms with van der Waals surface area (Å²) in [6.07, 6.45) is 9.56. The van der Waals surface area contributed by atoms with Crippen LogP contribution in [-0.4, -0.2) is 63.6 Å². The Labute approximate surface area is 287 Å². The first-order chi connectivity index (χ1) is 22.7. The molecule has 9 aliphatic rings. The number of aliphatic carboxylic acids is 1. The molecule has 0 aromatic carbocycles. The number of hydrogen-bond donors (Lipinski definition) is 3. The number of fused-ring (bicyclic) bond motifs is 7. The fourth-order valence-corrected chi connectivity index (χ4v) is 14.0. The third-order valence-corrected chi connectivity index (χ3v) is 16.7. The maximum Gasteiger partial charge on any atom is 0.303 e. The molecule has 5 saturated carbocycles. The summed E-state index contributed by atoms with van der Waals surface area (Å²) in [4.78, 5) is 23.7. The Hall–Kier alpha value is -0.810. The van der Waals surface area contributed by atoms with Gasteiger partial charge in [-0.05, 0) is 136 Å². The summed E-state index contributed by atoms with van der Waals surface area (Å²) >= 11 is 0. The molecule has 4 saturated heterocycles. The molecule has 1 spiro atoms. The number of hydrogen-bond acceptors (Lipinski definition) is 8. The largest absolute Gasteiger partial charge is 0.481 e. The van der Waals surface area contributed by atoms with Crippen molar-refractivity contribution in [3.63, 3.8) is 0 Å². The van der Waals surface area contributed by atoms with Gasteiger partial charge in [-0.15, -0.1) is 0 Å². The Kier molecular flexibility index (Phi) is 8.47. The molecule has 3 N–H and O–H groups in total. The van der Waals surface area contributed by atoms with Gasteiger partial charge < -0.3 is 29.5 Å². The van der Waals surface area contributed by atoms with Gasteiger partial charge in [-0.2, -0.15) is 0 Å². The van der Waals surface area contributed by atoms with E-state index in [0.717, 1.165) is 64.2 Å². The van der Waals surface area contributed by atoms with Gasteiger partial charge in [0.05, 0.1) is 18.3 Å². The molecule has 9 heteroatoms. The van der Waals surface area contributed by atoms with Crippen LogP contribution in [-0.2, 0) is 28.8 Å². The van der Waals surface area contributed by atoms with Gasteiger partial charge in [-0.25, -0.2) is 9.78 Å². The van der Waals surface area contributed by atoms with Crippen molar-refractivity contribution < 1.29 is 44.1 Å².